The quantitative estimate of drug-likeness (QED) is 0.852. The molecule has 0 saturated heterocycles. The van der Waals surface area contributed by atoms with Gasteiger partial charge in [-0.15, -0.1) is 10.2 Å². The molecule has 1 aromatic carbocycles. The zero-order chi connectivity index (χ0) is 14.2. The SMILES string of the molecule is Cc1c(Cl)nnc(Nc2c(Cl)cc(F)cc2Cl)c1C. The van der Waals surface area contributed by atoms with Crippen LogP contribution >= 0.6 is 34.8 Å². The van der Waals surface area contributed by atoms with Crippen molar-refractivity contribution in [3.63, 3.8) is 0 Å². The number of hydrogen-bond donors (Lipinski definition) is 1. The third kappa shape index (κ3) is 2.91. The van der Waals surface area contributed by atoms with Gasteiger partial charge in [0.05, 0.1) is 15.7 Å². The number of benzene rings is 1. The maximum Gasteiger partial charge on any atom is 0.156 e. The summed E-state index contributed by atoms with van der Waals surface area (Å²) in [5, 5.41) is 11.3. The van der Waals surface area contributed by atoms with Crippen LogP contribution in [0.4, 0.5) is 15.9 Å². The molecule has 0 bridgehead atoms. The maximum absolute atomic E-state index is 13.1. The number of nitrogens with zero attached hydrogens (tertiary/aromatic N) is 2. The first kappa shape index (κ1) is 14.3. The van der Waals surface area contributed by atoms with Gasteiger partial charge in [0.25, 0.3) is 0 Å². The molecule has 0 aliphatic carbocycles. The van der Waals surface area contributed by atoms with Crippen LogP contribution < -0.4 is 5.32 Å². The fourth-order valence-electron chi connectivity index (χ4n) is 1.47. The summed E-state index contributed by atoms with van der Waals surface area (Å²) < 4.78 is 13.1. The van der Waals surface area contributed by atoms with Crippen LogP contribution in [0.3, 0.4) is 0 Å². The first-order chi connectivity index (χ1) is 8.90. The largest absolute Gasteiger partial charge is 0.336 e. The van der Waals surface area contributed by atoms with Crippen molar-refractivity contribution in [1.82, 2.24) is 10.2 Å². The van der Waals surface area contributed by atoms with Crippen molar-refractivity contribution < 1.29 is 4.39 Å². The molecule has 0 atom stereocenters. The van der Waals surface area contributed by atoms with Crippen LogP contribution in [-0.4, -0.2) is 10.2 Å². The van der Waals surface area contributed by atoms with Gasteiger partial charge in [-0.05, 0) is 37.1 Å². The van der Waals surface area contributed by atoms with Gasteiger partial charge in [-0.1, -0.05) is 34.8 Å². The fraction of sp³-hybridized carbons (Fsp3) is 0.167. The fourth-order valence-corrected chi connectivity index (χ4v) is 2.21. The minimum Gasteiger partial charge on any atom is -0.336 e. The molecule has 1 aromatic heterocycles. The molecule has 19 heavy (non-hydrogen) atoms. The van der Waals surface area contributed by atoms with Gasteiger partial charge in [-0.2, -0.15) is 0 Å². The lowest BCUT2D eigenvalue weighted by Crippen LogP contribution is -2.02. The van der Waals surface area contributed by atoms with E-state index in [1.807, 2.05) is 13.8 Å². The summed E-state index contributed by atoms with van der Waals surface area (Å²) in [5.41, 5.74) is 1.99. The van der Waals surface area contributed by atoms with Gasteiger partial charge in [0.15, 0.2) is 11.0 Å². The highest BCUT2D eigenvalue weighted by molar-refractivity contribution is 6.39. The smallest absolute Gasteiger partial charge is 0.156 e. The molecule has 0 fully saturated rings. The second-order valence-corrected chi connectivity index (χ2v) is 5.13. The molecule has 2 aromatic rings. The number of halogens is 4. The van der Waals surface area contributed by atoms with Crippen LogP contribution in [0, 0.1) is 19.7 Å². The average Bonchev–Trinajstić information content (AvgIpc) is 2.33. The lowest BCUT2D eigenvalue weighted by molar-refractivity contribution is 0.628. The molecule has 100 valence electrons. The predicted molar refractivity (Wildman–Crippen MR) is 76.2 cm³/mol. The Labute approximate surface area is 124 Å². The molecule has 0 spiro atoms. The highest BCUT2D eigenvalue weighted by atomic mass is 35.5. The minimum absolute atomic E-state index is 0.166. The van der Waals surface area contributed by atoms with Gasteiger partial charge in [-0.25, -0.2) is 4.39 Å². The Morgan fingerprint density at radius 3 is 2.16 bits per heavy atom. The second-order valence-electron chi connectivity index (χ2n) is 3.96. The van der Waals surface area contributed by atoms with Crippen LogP contribution in [0.5, 0.6) is 0 Å². The van der Waals surface area contributed by atoms with Crippen LogP contribution in [0.1, 0.15) is 11.1 Å². The van der Waals surface area contributed by atoms with E-state index in [9.17, 15) is 4.39 Å². The number of nitrogens with one attached hydrogen (secondary N) is 1. The first-order valence-electron chi connectivity index (χ1n) is 5.31. The van der Waals surface area contributed by atoms with Gasteiger partial charge in [0.1, 0.15) is 5.82 Å². The molecule has 1 heterocycles. The lowest BCUT2D eigenvalue weighted by atomic mass is 10.2. The van der Waals surface area contributed by atoms with E-state index in [2.05, 4.69) is 15.5 Å². The average molecular weight is 321 g/mol. The molecule has 1 N–H and O–H groups in total. The zero-order valence-electron chi connectivity index (χ0n) is 10.1. The van der Waals surface area contributed by atoms with E-state index >= 15 is 0 Å². The van der Waals surface area contributed by atoms with Crippen molar-refractivity contribution in [3.05, 3.63) is 44.3 Å². The van der Waals surface area contributed by atoms with E-state index in [1.165, 1.54) is 12.1 Å². The Kier molecular flexibility index (Phi) is 4.13. The number of hydrogen-bond acceptors (Lipinski definition) is 3. The van der Waals surface area contributed by atoms with Crippen molar-refractivity contribution in [2.45, 2.75) is 13.8 Å². The number of anilines is 2. The standard InChI is InChI=1S/C12H9Cl3FN3/c1-5-6(2)12(19-18-11(5)15)17-10-8(13)3-7(16)4-9(10)14/h3-4H,1-2H3,(H,17,19). The molecule has 0 radical (unpaired) electrons. The minimum atomic E-state index is -0.504. The van der Waals surface area contributed by atoms with Gasteiger partial charge in [0, 0.05) is 0 Å². The summed E-state index contributed by atoms with van der Waals surface area (Å²) in [6.07, 6.45) is 0. The molecule has 0 amide bonds. The van der Waals surface area contributed by atoms with Crippen molar-refractivity contribution in [1.29, 1.82) is 0 Å². The number of aromatic nitrogens is 2. The van der Waals surface area contributed by atoms with E-state index in [0.717, 1.165) is 11.1 Å². The van der Waals surface area contributed by atoms with Crippen molar-refractivity contribution >= 4 is 46.3 Å². The van der Waals surface area contributed by atoms with Crippen LogP contribution in [-0.2, 0) is 0 Å². The molecule has 0 saturated carbocycles. The summed E-state index contributed by atoms with van der Waals surface area (Å²) >= 11 is 17.8. The Morgan fingerprint density at radius 1 is 1.00 bits per heavy atom. The summed E-state index contributed by atoms with van der Waals surface area (Å²) in [6, 6.07) is 2.34. The van der Waals surface area contributed by atoms with Crippen LogP contribution in [0.25, 0.3) is 0 Å². The molecular weight excluding hydrogens is 312 g/mol. The van der Waals surface area contributed by atoms with Gasteiger partial charge >= 0.3 is 0 Å². The molecule has 0 aliphatic rings. The van der Waals surface area contributed by atoms with Crippen LogP contribution in [0.2, 0.25) is 15.2 Å². The van der Waals surface area contributed by atoms with E-state index in [0.29, 0.717) is 16.7 Å². The third-order valence-corrected chi connectivity index (χ3v) is 3.67. The molecule has 0 unspecified atom stereocenters. The second kappa shape index (κ2) is 5.49. The molecule has 3 nitrogen and oxygen atoms in total. The predicted octanol–water partition coefficient (Wildman–Crippen LogP) is 4.94. The van der Waals surface area contributed by atoms with Crippen molar-refractivity contribution in [3.8, 4) is 0 Å². The summed E-state index contributed by atoms with van der Waals surface area (Å²) in [5.74, 6) is -0.0343. The normalized spacial score (nSPS) is 10.6. The number of rotatable bonds is 2. The maximum atomic E-state index is 13.1. The first-order valence-corrected chi connectivity index (χ1v) is 6.44. The monoisotopic (exact) mass is 319 g/mol. The Balaban J connectivity index is 2.45. The Morgan fingerprint density at radius 2 is 1.58 bits per heavy atom. The molecule has 0 aliphatic heterocycles. The molecule has 2 rings (SSSR count). The van der Waals surface area contributed by atoms with Crippen molar-refractivity contribution in [2.75, 3.05) is 5.32 Å². The zero-order valence-corrected chi connectivity index (χ0v) is 12.3. The third-order valence-electron chi connectivity index (χ3n) is 2.72. The summed E-state index contributed by atoms with van der Waals surface area (Å²) in [6.45, 7) is 3.66. The highest BCUT2D eigenvalue weighted by Crippen LogP contribution is 2.34. The Hall–Kier alpha value is -1.10. The van der Waals surface area contributed by atoms with E-state index in [4.69, 9.17) is 34.8 Å². The van der Waals surface area contributed by atoms with Crippen LogP contribution in [0.15, 0.2) is 12.1 Å². The van der Waals surface area contributed by atoms with E-state index < -0.39 is 5.82 Å². The van der Waals surface area contributed by atoms with Gasteiger partial charge in [0.2, 0.25) is 0 Å². The summed E-state index contributed by atoms with van der Waals surface area (Å²) in [4.78, 5) is 0. The summed E-state index contributed by atoms with van der Waals surface area (Å²) in [7, 11) is 0. The topological polar surface area (TPSA) is 37.8 Å². The molecular formula is C12H9Cl3FN3. The lowest BCUT2D eigenvalue weighted by Gasteiger charge is -2.13. The van der Waals surface area contributed by atoms with Gasteiger partial charge in [-0.3, -0.25) is 0 Å². The highest BCUT2D eigenvalue weighted by Gasteiger charge is 2.13. The Bertz CT molecular complexity index is 623. The van der Waals surface area contributed by atoms with Gasteiger partial charge < -0.3 is 5.32 Å². The van der Waals surface area contributed by atoms with E-state index in [1.54, 1.807) is 0 Å². The van der Waals surface area contributed by atoms with E-state index in [-0.39, 0.29) is 10.0 Å². The van der Waals surface area contributed by atoms with Crippen molar-refractivity contribution in [2.24, 2.45) is 0 Å². The molecule has 7 heteroatoms.